The van der Waals surface area contributed by atoms with E-state index in [2.05, 4.69) is 25.6 Å². The summed E-state index contributed by atoms with van der Waals surface area (Å²) in [7, 11) is 0. The number of carbonyl (C=O) groups is 1. The van der Waals surface area contributed by atoms with Crippen molar-refractivity contribution in [1.82, 2.24) is 25.9 Å². The van der Waals surface area contributed by atoms with Crippen LogP contribution in [0.25, 0.3) is 11.0 Å². The monoisotopic (exact) mass is 460 g/mol. The lowest BCUT2D eigenvalue weighted by molar-refractivity contribution is -0.142. The van der Waals surface area contributed by atoms with Gasteiger partial charge in [0.15, 0.2) is 11.6 Å². The van der Waals surface area contributed by atoms with Gasteiger partial charge in [0, 0.05) is 23.3 Å². The Morgan fingerprint density at radius 2 is 2.00 bits per heavy atom. The van der Waals surface area contributed by atoms with E-state index in [-0.39, 0.29) is 25.2 Å². The SMILES string of the molecule is CCC(CC)(NC1=C(F)CNC(c2c[nH]c3ncc(Cl)cc23)=N1)C(=O)NCC(F)(F)F. The van der Waals surface area contributed by atoms with Crippen molar-refractivity contribution >= 4 is 34.4 Å². The van der Waals surface area contributed by atoms with Gasteiger partial charge in [0.1, 0.15) is 23.6 Å². The quantitative estimate of drug-likeness (QED) is 0.475. The fourth-order valence-corrected chi connectivity index (χ4v) is 3.42. The largest absolute Gasteiger partial charge is 0.405 e. The molecule has 3 heterocycles. The molecule has 3 rings (SSSR count). The molecular formula is C19H21ClF4N6O. The average Bonchev–Trinajstić information content (AvgIpc) is 3.14. The number of aliphatic imine (C=N–C) groups is 1. The fourth-order valence-electron chi connectivity index (χ4n) is 3.26. The van der Waals surface area contributed by atoms with Gasteiger partial charge in [-0.05, 0) is 18.9 Å². The third-order valence-electron chi connectivity index (χ3n) is 5.09. The maximum Gasteiger partial charge on any atom is 0.405 e. The van der Waals surface area contributed by atoms with Crippen molar-refractivity contribution in [2.45, 2.75) is 38.4 Å². The molecule has 0 saturated carbocycles. The summed E-state index contributed by atoms with van der Waals surface area (Å²) in [6, 6.07) is 1.68. The summed E-state index contributed by atoms with van der Waals surface area (Å²) in [6.45, 7) is 1.56. The molecule has 7 nitrogen and oxygen atoms in total. The van der Waals surface area contributed by atoms with Gasteiger partial charge in [0.05, 0.1) is 11.6 Å². The highest BCUT2D eigenvalue weighted by Crippen LogP contribution is 2.25. The van der Waals surface area contributed by atoms with Crippen molar-refractivity contribution in [1.29, 1.82) is 0 Å². The Kier molecular flexibility index (Phi) is 6.44. The third-order valence-corrected chi connectivity index (χ3v) is 5.30. The number of aromatic nitrogens is 2. The van der Waals surface area contributed by atoms with Crippen LogP contribution in [0.15, 0.2) is 35.1 Å². The van der Waals surface area contributed by atoms with Gasteiger partial charge in [-0.15, -0.1) is 0 Å². The molecule has 0 saturated heterocycles. The lowest BCUT2D eigenvalue weighted by Gasteiger charge is -2.33. The van der Waals surface area contributed by atoms with E-state index in [0.29, 0.717) is 27.5 Å². The molecule has 0 atom stereocenters. The van der Waals surface area contributed by atoms with Crippen LogP contribution in [-0.4, -0.2) is 46.5 Å². The molecule has 31 heavy (non-hydrogen) atoms. The number of pyridine rings is 1. The second kappa shape index (κ2) is 8.74. The van der Waals surface area contributed by atoms with E-state index in [9.17, 15) is 22.4 Å². The number of nitrogens with zero attached hydrogens (tertiary/aromatic N) is 2. The highest BCUT2D eigenvalue weighted by molar-refractivity contribution is 6.31. The van der Waals surface area contributed by atoms with Gasteiger partial charge in [0.25, 0.3) is 0 Å². The van der Waals surface area contributed by atoms with Gasteiger partial charge in [-0.3, -0.25) is 4.79 Å². The number of H-pyrrole nitrogens is 1. The number of aromatic amines is 1. The smallest absolute Gasteiger partial charge is 0.363 e. The summed E-state index contributed by atoms with van der Waals surface area (Å²) in [6.07, 6.45) is -1.21. The molecular weight excluding hydrogens is 440 g/mol. The Morgan fingerprint density at radius 3 is 2.65 bits per heavy atom. The summed E-state index contributed by atoms with van der Waals surface area (Å²) in [5.41, 5.74) is -0.331. The third kappa shape index (κ3) is 4.92. The molecule has 2 aromatic heterocycles. The first-order valence-electron chi connectivity index (χ1n) is 9.56. The molecule has 12 heteroatoms. The average molecular weight is 461 g/mol. The Morgan fingerprint density at radius 1 is 1.29 bits per heavy atom. The highest BCUT2D eigenvalue weighted by Gasteiger charge is 2.39. The standard InChI is InChI=1S/C19H21ClF4N6O/c1-3-18(4-2,17(31)28-9-19(22,23)24)30-16-13(21)8-27-15(29-16)12-7-26-14-11(12)5-10(20)6-25-14/h5-7,30H,3-4,8-9H2,1-2H3,(H,25,26)(H,27,29)(H,28,31). The van der Waals surface area contributed by atoms with E-state index in [1.165, 1.54) is 6.20 Å². The summed E-state index contributed by atoms with van der Waals surface area (Å²) >= 11 is 6.02. The van der Waals surface area contributed by atoms with E-state index in [1.807, 2.05) is 5.32 Å². The molecule has 2 aromatic rings. The van der Waals surface area contributed by atoms with E-state index < -0.39 is 30.0 Å². The molecule has 0 aromatic carbocycles. The van der Waals surface area contributed by atoms with E-state index in [4.69, 9.17) is 11.6 Å². The number of nitrogens with one attached hydrogen (secondary N) is 4. The molecule has 1 aliphatic rings. The van der Waals surface area contributed by atoms with Crippen LogP contribution < -0.4 is 16.0 Å². The summed E-state index contributed by atoms with van der Waals surface area (Å²) in [4.78, 5) is 24.0. The minimum Gasteiger partial charge on any atom is -0.363 e. The van der Waals surface area contributed by atoms with Crippen LogP contribution in [0.5, 0.6) is 0 Å². The van der Waals surface area contributed by atoms with Crippen molar-refractivity contribution < 1.29 is 22.4 Å². The molecule has 1 aliphatic heterocycles. The molecule has 0 unspecified atom stereocenters. The number of amides is 1. The fraction of sp³-hybridized carbons (Fsp3) is 0.421. The zero-order chi connectivity index (χ0) is 22.8. The summed E-state index contributed by atoms with van der Waals surface area (Å²) in [5.74, 6) is -1.47. The van der Waals surface area contributed by atoms with Gasteiger partial charge in [-0.2, -0.15) is 13.2 Å². The molecule has 0 bridgehead atoms. The van der Waals surface area contributed by atoms with Crippen LogP contribution in [0.4, 0.5) is 17.6 Å². The van der Waals surface area contributed by atoms with Crippen molar-refractivity contribution in [2.24, 2.45) is 4.99 Å². The van der Waals surface area contributed by atoms with Crippen molar-refractivity contribution in [2.75, 3.05) is 13.1 Å². The molecule has 0 fully saturated rings. The molecule has 1 amide bonds. The maximum atomic E-state index is 14.6. The molecule has 0 radical (unpaired) electrons. The Balaban J connectivity index is 1.91. The van der Waals surface area contributed by atoms with Gasteiger partial charge in [-0.1, -0.05) is 25.4 Å². The second-order valence-corrected chi connectivity index (χ2v) is 7.47. The van der Waals surface area contributed by atoms with Crippen LogP contribution in [0, 0.1) is 0 Å². The minimum absolute atomic E-state index is 0.120. The topological polar surface area (TPSA) is 94.2 Å². The van der Waals surface area contributed by atoms with Gasteiger partial charge >= 0.3 is 6.18 Å². The number of alkyl halides is 3. The summed E-state index contributed by atoms with van der Waals surface area (Å²) < 4.78 is 52.2. The van der Waals surface area contributed by atoms with Gasteiger partial charge in [0.2, 0.25) is 5.91 Å². The van der Waals surface area contributed by atoms with Crippen LogP contribution in [0.3, 0.4) is 0 Å². The highest BCUT2D eigenvalue weighted by atomic mass is 35.5. The number of carbonyl (C=O) groups excluding carboxylic acids is 1. The van der Waals surface area contributed by atoms with Crippen molar-refractivity contribution in [3.63, 3.8) is 0 Å². The van der Waals surface area contributed by atoms with Crippen LogP contribution in [-0.2, 0) is 4.79 Å². The van der Waals surface area contributed by atoms with E-state index >= 15 is 0 Å². The van der Waals surface area contributed by atoms with E-state index in [1.54, 1.807) is 26.1 Å². The maximum absolute atomic E-state index is 14.6. The lowest BCUT2D eigenvalue weighted by Crippen LogP contribution is -2.57. The zero-order valence-corrected chi connectivity index (χ0v) is 17.5. The van der Waals surface area contributed by atoms with Crippen LogP contribution in [0.1, 0.15) is 32.3 Å². The number of hydrogen-bond donors (Lipinski definition) is 4. The molecule has 0 aliphatic carbocycles. The number of hydrogen-bond acceptors (Lipinski definition) is 5. The zero-order valence-electron chi connectivity index (χ0n) is 16.8. The van der Waals surface area contributed by atoms with E-state index in [0.717, 1.165) is 0 Å². The minimum atomic E-state index is -4.56. The number of fused-ring (bicyclic) bond motifs is 1. The van der Waals surface area contributed by atoms with Crippen LogP contribution in [0.2, 0.25) is 5.02 Å². The molecule has 168 valence electrons. The number of rotatable bonds is 7. The Bertz CT molecular complexity index is 1040. The Labute approximate surface area is 180 Å². The first-order valence-corrected chi connectivity index (χ1v) is 9.93. The normalized spacial score (nSPS) is 15.0. The summed E-state index contributed by atoms with van der Waals surface area (Å²) in [5, 5.41) is 8.53. The predicted molar refractivity (Wildman–Crippen MR) is 109 cm³/mol. The van der Waals surface area contributed by atoms with Gasteiger partial charge in [-0.25, -0.2) is 14.4 Å². The first-order chi connectivity index (χ1) is 14.6. The van der Waals surface area contributed by atoms with Gasteiger partial charge < -0.3 is 20.9 Å². The second-order valence-electron chi connectivity index (χ2n) is 7.03. The van der Waals surface area contributed by atoms with Crippen LogP contribution >= 0.6 is 11.6 Å². The number of halogens is 5. The predicted octanol–water partition coefficient (Wildman–Crippen LogP) is 3.53. The van der Waals surface area contributed by atoms with Crippen molar-refractivity contribution in [3.8, 4) is 0 Å². The van der Waals surface area contributed by atoms with Crippen molar-refractivity contribution in [3.05, 3.63) is 40.7 Å². The number of amidine groups is 1. The lowest BCUT2D eigenvalue weighted by atomic mass is 9.91. The molecule has 4 N–H and O–H groups in total. The molecule has 0 spiro atoms. The first kappa shape index (κ1) is 22.9. The Hall–Kier alpha value is -2.82.